The molecule has 0 bridgehead atoms. The van der Waals surface area contributed by atoms with E-state index in [0.717, 1.165) is 34.4 Å². The Morgan fingerprint density at radius 3 is 2.48 bits per heavy atom. The molecule has 0 saturated carbocycles. The Morgan fingerprint density at radius 1 is 1.03 bits per heavy atom. The summed E-state index contributed by atoms with van der Waals surface area (Å²) in [6.07, 6.45) is 0. The number of anilines is 1. The summed E-state index contributed by atoms with van der Waals surface area (Å²) in [6.45, 7) is 2.33. The number of carbonyl (C=O) groups is 2. The molecule has 1 heterocycles. The normalized spacial score (nSPS) is 11.6. The molecule has 0 fully saturated rings. The van der Waals surface area contributed by atoms with Crippen molar-refractivity contribution >= 4 is 61.0 Å². The van der Waals surface area contributed by atoms with Gasteiger partial charge in [-0.1, -0.05) is 29.8 Å². The zero-order valence-electron chi connectivity index (χ0n) is 17.5. The maximum absolute atomic E-state index is 12.4. The zero-order chi connectivity index (χ0) is 23.8. The van der Waals surface area contributed by atoms with Gasteiger partial charge in [-0.25, -0.2) is 18.4 Å². The predicted molar refractivity (Wildman–Crippen MR) is 127 cm³/mol. The third-order valence-corrected chi connectivity index (χ3v) is 6.57. The number of sulfonamides is 1. The van der Waals surface area contributed by atoms with Gasteiger partial charge in [-0.05, 0) is 49.4 Å². The maximum atomic E-state index is 12.4. The Balaban J connectivity index is 1.48. The summed E-state index contributed by atoms with van der Waals surface area (Å²) in [5.41, 5.74) is 2.63. The van der Waals surface area contributed by atoms with Crippen molar-refractivity contribution in [2.45, 2.75) is 18.4 Å². The zero-order valence-corrected chi connectivity index (χ0v) is 19.1. The molecule has 0 saturated heterocycles. The Kier molecular flexibility index (Phi) is 6.11. The van der Waals surface area contributed by atoms with Crippen molar-refractivity contribution in [3.8, 4) is 0 Å². The van der Waals surface area contributed by atoms with E-state index in [-0.39, 0.29) is 10.6 Å². The minimum absolute atomic E-state index is 0.0926. The van der Waals surface area contributed by atoms with Crippen LogP contribution in [-0.4, -0.2) is 31.5 Å². The molecular weight excluding hydrogens is 466 g/mol. The number of primary sulfonamides is 1. The second-order valence-electron chi connectivity index (χ2n) is 7.31. The van der Waals surface area contributed by atoms with Gasteiger partial charge in [0.15, 0.2) is 6.61 Å². The number of carbonyl (C=O) groups excluding carboxylic acids is 2. The summed E-state index contributed by atoms with van der Waals surface area (Å²) in [4.78, 5) is 24.2. The number of aromatic nitrogens is 1. The number of amides is 1. The molecule has 33 heavy (non-hydrogen) atoms. The van der Waals surface area contributed by atoms with Crippen molar-refractivity contribution in [2.24, 2.45) is 5.14 Å². The highest BCUT2D eigenvalue weighted by Gasteiger charge is 2.18. The van der Waals surface area contributed by atoms with Crippen molar-refractivity contribution < 1.29 is 22.7 Å². The first kappa shape index (κ1) is 22.8. The summed E-state index contributed by atoms with van der Waals surface area (Å²) in [5.74, 6) is -1.42. The van der Waals surface area contributed by atoms with Gasteiger partial charge in [-0.3, -0.25) is 4.79 Å². The molecule has 4 aromatic rings. The van der Waals surface area contributed by atoms with Crippen molar-refractivity contribution in [1.29, 1.82) is 0 Å². The van der Waals surface area contributed by atoms with E-state index in [4.69, 9.17) is 21.5 Å². The van der Waals surface area contributed by atoms with Crippen LogP contribution in [0.25, 0.3) is 21.8 Å². The van der Waals surface area contributed by atoms with Crippen LogP contribution in [-0.2, 0) is 26.1 Å². The summed E-state index contributed by atoms with van der Waals surface area (Å²) in [5, 5.41) is 9.76. The number of fused-ring (bicyclic) bond motifs is 3. The van der Waals surface area contributed by atoms with Crippen LogP contribution < -0.4 is 10.5 Å². The molecule has 4 rings (SSSR count). The third kappa shape index (κ3) is 4.56. The van der Waals surface area contributed by atoms with Gasteiger partial charge in [0.05, 0.1) is 10.6 Å². The number of para-hydroxylation sites is 1. The fourth-order valence-electron chi connectivity index (χ4n) is 3.73. The minimum Gasteiger partial charge on any atom is -0.452 e. The third-order valence-electron chi connectivity index (χ3n) is 5.18. The number of esters is 1. The van der Waals surface area contributed by atoms with E-state index in [1.165, 1.54) is 12.1 Å². The van der Waals surface area contributed by atoms with E-state index in [2.05, 4.69) is 22.9 Å². The summed E-state index contributed by atoms with van der Waals surface area (Å²) in [6, 6.07) is 17.1. The van der Waals surface area contributed by atoms with Crippen LogP contribution in [0.1, 0.15) is 17.3 Å². The molecule has 0 radical (unpaired) electrons. The molecule has 3 N–H and O–H groups in total. The molecule has 10 heteroatoms. The SMILES string of the molecule is CCn1c2ccccc2c2cc(NC(=O)COC(=O)c3ccc(Cl)c(S(N)(=O)=O)c3)ccc21. The van der Waals surface area contributed by atoms with E-state index in [0.29, 0.717) is 5.69 Å². The number of halogens is 1. The topological polar surface area (TPSA) is 120 Å². The maximum Gasteiger partial charge on any atom is 0.338 e. The fraction of sp³-hybridized carbons (Fsp3) is 0.130. The number of ether oxygens (including phenoxy) is 1. The number of nitrogens with one attached hydrogen (secondary N) is 1. The van der Waals surface area contributed by atoms with Crippen molar-refractivity contribution in [2.75, 3.05) is 11.9 Å². The van der Waals surface area contributed by atoms with Crippen LogP contribution >= 0.6 is 11.6 Å². The highest BCUT2D eigenvalue weighted by Crippen LogP contribution is 2.31. The van der Waals surface area contributed by atoms with E-state index in [9.17, 15) is 18.0 Å². The van der Waals surface area contributed by atoms with Gasteiger partial charge in [0.2, 0.25) is 10.0 Å². The predicted octanol–water partition coefficient (Wildman–Crippen LogP) is 3.91. The number of benzene rings is 3. The van der Waals surface area contributed by atoms with Crippen LogP contribution in [0, 0.1) is 0 Å². The van der Waals surface area contributed by atoms with Crippen LogP contribution in [0.2, 0.25) is 5.02 Å². The van der Waals surface area contributed by atoms with E-state index in [1.54, 1.807) is 6.07 Å². The first-order chi connectivity index (χ1) is 15.7. The van der Waals surface area contributed by atoms with Crippen molar-refractivity contribution in [3.05, 3.63) is 71.2 Å². The lowest BCUT2D eigenvalue weighted by molar-refractivity contribution is -0.119. The average molecular weight is 486 g/mol. The number of hydrogen-bond acceptors (Lipinski definition) is 5. The molecule has 1 aromatic heterocycles. The number of nitrogens with zero attached hydrogens (tertiary/aromatic N) is 1. The van der Waals surface area contributed by atoms with E-state index < -0.39 is 33.4 Å². The first-order valence-electron chi connectivity index (χ1n) is 9.99. The van der Waals surface area contributed by atoms with Gasteiger partial charge < -0.3 is 14.6 Å². The molecule has 0 aliphatic carbocycles. The van der Waals surface area contributed by atoms with Gasteiger partial charge in [0.25, 0.3) is 5.91 Å². The molecule has 1 amide bonds. The highest BCUT2D eigenvalue weighted by atomic mass is 35.5. The van der Waals surface area contributed by atoms with Gasteiger partial charge in [0, 0.05) is 34.0 Å². The standard InChI is InChI=1S/C23H20ClN3O5S/c1-2-27-19-6-4-3-5-16(19)17-12-15(8-10-20(17)27)26-22(28)13-32-23(29)14-7-9-18(24)21(11-14)33(25,30)31/h3-12H,2,13H2,1H3,(H,26,28)(H2,25,30,31). The van der Waals surface area contributed by atoms with Crippen LogP contribution in [0.3, 0.4) is 0 Å². The number of nitrogens with two attached hydrogens (primary N) is 1. The Morgan fingerprint density at radius 2 is 1.76 bits per heavy atom. The second-order valence-corrected chi connectivity index (χ2v) is 9.24. The van der Waals surface area contributed by atoms with Crippen LogP contribution in [0.5, 0.6) is 0 Å². The fourth-order valence-corrected chi connectivity index (χ4v) is 4.80. The number of rotatable bonds is 6. The molecule has 0 aliphatic heterocycles. The van der Waals surface area contributed by atoms with Gasteiger partial charge in [-0.2, -0.15) is 0 Å². The summed E-state index contributed by atoms with van der Waals surface area (Å²) < 4.78 is 30.3. The Hall–Kier alpha value is -3.40. The number of aryl methyl sites for hydroxylation is 1. The molecule has 0 aliphatic rings. The first-order valence-corrected chi connectivity index (χ1v) is 11.9. The minimum atomic E-state index is -4.12. The lowest BCUT2D eigenvalue weighted by Crippen LogP contribution is -2.21. The average Bonchev–Trinajstić information content (AvgIpc) is 3.10. The molecule has 0 atom stereocenters. The summed E-state index contributed by atoms with van der Waals surface area (Å²) in [7, 11) is -4.12. The molecule has 0 spiro atoms. The largest absolute Gasteiger partial charge is 0.452 e. The molecule has 8 nitrogen and oxygen atoms in total. The lowest BCUT2D eigenvalue weighted by atomic mass is 10.1. The highest BCUT2D eigenvalue weighted by molar-refractivity contribution is 7.89. The Bertz CT molecular complexity index is 1510. The van der Waals surface area contributed by atoms with Gasteiger partial charge in [-0.15, -0.1) is 0 Å². The molecular formula is C23H20ClN3O5S. The van der Waals surface area contributed by atoms with Gasteiger partial charge >= 0.3 is 5.97 Å². The molecule has 0 unspecified atom stereocenters. The van der Waals surface area contributed by atoms with Crippen LogP contribution in [0.15, 0.2) is 65.6 Å². The van der Waals surface area contributed by atoms with Crippen molar-refractivity contribution in [1.82, 2.24) is 4.57 Å². The smallest absolute Gasteiger partial charge is 0.338 e. The van der Waals surface area contributed by atoms with Gasteiger partial charge in [0.1, 0.15) is 4.90 Å². The van der Waals surface area contributed by atoms with E-state index >= 15 is 0 Å². The van der Waals surface area contributed by atoms with E-state index in [1.807, 2.05) is 30.3 Å². The second kappa shape index (κ2) is 8.86. The number of hydrogen-bond donors (Lipinski definition) is 2. The van der Waals surface area contributed by atoms with Crippen LogP contribution in [0.4, 0.5) is 5.69 Å². The monoisotopic (exact) mass is 485 g/mol. The molecule has 3 aromatic carbocycles. The lowest BCUT2D eigenvalue weighted by Gasteiger charge is -2.09. The summed E-state index contributed by atoms with van der Waals surface area (Å²) >= 11 is 5.82. The molecule has 170 valence electrons. The Labute approximate surface area is 194 Å². The van der Waals surface area contributed by atoms with Crippen molar-refractivity contribution in [3.63, 3.8) is 0 Å². The quantitative estimate of drug-likeness (QED) is 0.401.